The zero-order valence-electron chi connectivity index (χ0n) is 11.4. The number of aryl methyl sites for hydroxylation is 1. The Kier molecular flexibility index (Phi) is 4.95. The maximum absolute atomic E-state index is 13.6. The minimum Gasteiger partial charge on any atom is -0.491 e. The van der Waals surface area contributed by atoms with Gasteiger partial charge in [0.25, 0.3) is 0 Å². The largest absolute Gasteiger partial charge is 0.491 e. The van der Waals surface area contributed by atoms with Crippen molar-refractivity contribution in [1.29, 1.82) is 0 Å². The summed E-state index contributed by atoms with van der Waals surface area (Å²) < 4.78 is 19.9. The third-order valence-corrected chi connectivity index (χ3v) is 3.15. The van der Waals surface area contributed by atoms with Crippen molar-refractivity contribution in [3.8, 4) is 5.75 Å². The van der Waals surface area contributed by atoms with Crippen LogP contribution in [0.3, 0.4) is 0 Å². The summed E-state index contributed by atoms with van der Waals surface area (Å²) in [6.45, 7) is 4.37. The van der Waals surface area contributed by atoms with E-state index in [1.165, 1.54) is 11.6 Å². The van der Waals surface area contributed by atoms with E-state index in [2.05, 4.69) is 26.2 Å². The van der Waals surface area contributed by atoms with Gasteiger partial charge < -0.3 is 10.1 Å². The van der Waals surface area contributed by atoms with Crippen molar-refractivity contribution in [2.75, 3.05) is 11.9 Å². The zero-order chi connectivity index (χ0) is 14.5. The van der Waals surface area contributed by atoms with Crippen molar-refractivity contribution < 1.29 is 9.13 Å². The number of benzene rings is 1. The highest BCUT2D eigenvalue weighted by molar-refractivity contribution is 9.10. The third kappa shape index (κ3) is 4.20. The predicted molar refractivity (Wildman–Crippen MR) is 81.7 cm³/mol. The molecule has 2 aromatic rings. The Morgan fingerprint density at radius 2 is 2.05 bits per heavy atom. The molecule has 0 aliphatic carbocycles. The SMILES string of the molecule is Cc1ccc(OCC(C)Nc2ncc(Br)cc2F)cc1. The van der Waals surface area contributed by atoms with Gasteiger partial charge in [-0.2, -0.15) is 0 Å². The number of nitrogens with one attached hydrogen (secondary N) is 1. The smallest absolute Gasteiger partial charge is 0.166 e. The predicted octanol–water partition coefficient (Wildman–Crippen LogP) is 4.17. The van der Waals surface area contributed by atoms with E-state index in [4.69, 9.17) is 4.74 Å². The van der Waals surface area contributed by atoms with Gasteiger partial charge in [-0.25, -0.2) is 9.37 Å². The summed E-state index contributed by atoms with van der Waals surface area (Å²) in [6, 6.07) is 9.14. The van der Waals surface area contributed by atoms with Crippen LogP contribution in [0.1, 0.15) is 12.5 Å². The van der Waals surface area contributed by atoms with Crippen molar-refractivity contribution in [2.24, 2.45) is 0 Å². The van der Waals surface area contributed by atoms with Gasteiger partial charge in [-0.3, -0.25) is 0 Å². The van der Waals surface area contributed by atoms with Crippen LogP contribution in [-0.4, -0.2) is 17.6 Å². The van der Waals surface area contributed by atoms with Crippen LogP contribution in [0.2, 0.25) is 0 Å². The van der Waals surface area contributed by atoms with Crippen LogP contribution in [0.25, 0.3) is 0 Å². The first-order valence-electron chi connectivity index (χ1n) is 6.31. The third-order valence-electron chi connectivity index (χ3n) is 2.71. The molecular weight excluding hydrogens is 323 g/mol. The summed E-state index contributed by atoms with van der Waals surface area (Å²) in [7, 11) is 0. The van der Waals surface area contributed by atoms with E-state index in [0.29, 0.717) is 11.1 Å². The van der Waals surface area contributed by atoms with Crippen molar-refractivity contribution in [2.45, 2.75) is 19.9 Å². The Morgan fingerprint density at radius 1 is 1.35 bits per heavy atom. The normalized spacial score (nSPS) is 12.0. The quantitative estimate of drug-likeness (QED) is 0.888. The van der Waals surface area contributed by atoms with Crippen LogP contribution in [-0.2, 0) is 0 Å². The lowest BCUT2D eigenvalue weighted by Gasteiger charge is -2.16. The summed E-state index contributed by atoms with van der Waals surface area (Å²) in [5.74, 6) is 0.642. The van der Waals surface area contributed by atoms with Gasteiger partial charge in [-0.05, 0) is 48.0 Å². The van der Waals surface area contributed by atoms with E-state index in [1.54, 1.807) is 6.20 Å². The number of pyridine rings is 1. The molecule has 0 amide bonds. The molecule has 1 N–H and O–H groups in total. The minimum absolute atomic E-state index is 0.0560. The standard InChI is InChI=1S/C15H16BrFN2O/c1-10-3-5-13(6-4-10)20-9-11(2)19-15-14(17)7-12(16)8-18-15/h3-8,11H,9H2,1-2H3,(H,18,19). The maximum Gasteiger partial charge on any atom is 0.166 e. The number of halogens is 2. The molecule has 0 fully saturated rings. The summed E-state index contributed by atoms with van der Waals surface area (Å²) in [5.41, 5.74) is 1.18. The number of anilines is 1. The first kappa shape index (κ1) is 14.8. The van der Waals surface area contributed by atoms with Crippen molar-refractivity contribution in [3.63, 3.8) is 0 Å². The van der Waals surface area contributed by atoms with Crippen LogP contribution in [0.15, 0.2) is 41.0 Å². The summed E-state index contributed by atoms with van der Waals surface area (Å²) in [4.78, 5) is 4.00. The second-order valence-electron chi connectivity index (χ2n) is 4.65. The fourth-order valence-corrected chi connectivity index (χ4v) is 1.95. The molecule has 0 aliphatic heterocycles. The van der Waals surface area contributed by atoms with Crippen LogP contribution in [0, 0.1) is 12.7 Å². The van der Waals surface area contributed by atoms with Gasteiger partial charge in [-0.15, -0.1) is 0 Å². The maximum atomic E-state index is 13.6. The Labute approximate surface area is 126 Å². The van der Waals surface area contributed by atoms with Crippen LogP contribution in [0.5, 0.6) is 5.75 Å². The Morgan fingerprint density at radius 3 is 2.70 bits per heavy atom. The number of aromatic nitrogens is 1. The van der Waals surface area contributed by atoms with Crippen molar-refractivity contribution in [3.05, 3.63) is 52.4 Å². The number of hydrogen-bond donors (Lipinski definition) is 1. The minimum atomic E-state index is -0.387. The molecule has 20 heavy (non-hydrogen) atoms. The molecule has 106 valence electrons. The highest BCUT2D eigenvalue weighted by Gasteiger charge is 2.09. The molecule has 1 heterocycles. The van der Waals surface area contributed by atoms with Gasteiger partial charge in [0.2, 0.25) is 0 Å². The molecule has 5 heteroatoms. The molecule has 1 atom stereocenters. The van der Waals surface area contributed by atoms with E-state index in [1.807, 2.05) is 38.1 Å². The molecule has 1 aromatic carbocycles. The van der Waals surface area contributed by atoms with E-state index in [0.717, 1.165) is 5.75 Å². The molecule has 1 unspecified atom stereocenters. The first-order chi connectivity index (χ1) is 9.54. The number of rotatable bonds is 5. The van der Waals surface area contributed by atoms with Gasteiger partial charge in [0.15, 0.2) is 11.6 Å². The van der Waals surface area contributed by atoms with Crippen molar-refractivity contribution in [1.82, 2.24) is 4.98 Å². The molecule has 1 aromatic heterocycles. The average molecular weight is 339 g/mol. The van der Waals surface area contributed by atoms with Crippen molar-refractivity contribution >= 4 is 21.7 Å². The molecule has 3 nitrogen and oxygen atoms in total. The van der Waals surface area contributed by atoms with Gasteiger partial charge in [-0.1, -0.05) is 17.7 Å². The lowest BCUT2D eigenvalue weighted by molar-refractivity contribution is 0.303. The topological polar surface area (TPSA) is 34.1 Å². The fraction of sp³-hybridized carbons (Fsp3) is 0.267. The monoisotopic (exact) mass is 338 g/mol. The van der Waals surface area contributed by atoms with E-state index >= 15 is 0 Å². The van der Waals surface area contributed by atoms with Crippen LogP contribution >= 0.6 is 15.9 Å². The van der Waals surface area contributed by atoms with Gasteiger partial charge in [0.1, 0.15) is 12.4 Å². The Balaban J connectivity index is 1.89. The molecule has 0 spiro atoms. The number of nitrogens with zero attached hydrogens (tertiary/aromatic N) is 1. The molecule has 2 rings (SSSR count). The van der Waals surface area contributed by atoms with Gasteiger partial charge in [0.05, 0.1) is 6.04 Å². The van der Waals surface area contributed by atoms with Crippen LogP contribution in [0.4, 0.5) is 10.2 Å². The molecule has 0 bridgehead atoms. The van der Waals surface area contributed by atoms with Gasteiger partial charge in [0, 0.05) is 10.7 Å². The summed E-state index contributed by atoms with van der Waals surface area (Å²) in [6.07, 6.45) is 1.55. The average Bonchev–Trinajstić information content (AvgIpc) is 2.41. The van der Waals surface area contributed by atoms with E-state index in [9.17, 15) is 4.39 Å². The summed E-state index contributed by atoms with van der Waals surface area (Å²) in [5, 5.41) is 2.99. The highest BCUT2D eigenvalue weighted by Crippen LogP contribution is 2.17. The van der Waals surface area contributed by atoms with E-state index < -0.39 is 0 Å². The summed E-state index contributed by atoms with van der Waals surface area (Å²) >= 11 is 3.17. The second kappa shape index (κ2) is 6.70. The first-order valence-corrected chi connectivity index (χ1v) is 7.11. The molecule has 0 aliphatic rings. The molecule has 0 saturated heterocycles. The lowest BCUT2D eigenvalue weighted by atomic mass is 10.2. The number of hydrogen-bond acceptors (Lipinski definition) is 3. The van der Waals surface area contributed by atoms with E-state index in [-0.39, 0.29) is 17.7 Å². The molecule has 0 saturated carbocycles. The number of ether oxygens (including phenoxy) is 1. The van der Waals surface area contributed by atoms with Gasteiger partial charge >= 0.3 is 0 Å². The molecular formula is C15H16BrFN2O. The highest BCUT2D eigenvalue weighted by atomic mass is 79.9. The van der Waals surface area contributed by atoms with Crippen LogP contribution < -0.4 is 10.1 Å². The Hall–Kier alpha value is -1.62. The lowest BCUT2D eigenvalue weighted by Crippen LogP contribution is -2.24. The fourth-order valence-electron chi connectivity index (χ4n) is 1.65. The second-order valence-corrected chi connectivity index (χ2v) is 5.57. The molecule has 0 radical (unpaired) electrons. The zero-order valence-corrected chi connectivity index (χ0v) is 12.9. The Bertz CT molecular complexity index is 575.